The highest BCUT2D eigenvalue weighted by Crippen LogP contribution is 2.37. The molecule has 5 heteroatoms. The van der Waals surface area contributed by atoms with Crippen molar-refractivity contribution < 1.29 is 9.59 Å². The van der Waals surface area contributed by atoms with Gasteiger partial charge >= 0.3 is 6.03 Å². The number of amides is 3. The van der Waals surface area contributed by atoms with Crippen LogP contribution in [0.25, 0.3) is 0 Å². The fourth-order valence-corrected chi connectivity index (χ4v) is 4.08. The Kier molecular flexibility index (Phi) is 4.46. The Labute approximate surface area is 165 Å². The summed E-state index contributed by atoms with van der Waals surface area (Å²) in [6.07, 6.45) is 0. The Hall–Kier alpha value is -3.08. The quantitative estimate of drug-likeness (QED) is 0.891. The Bertz CT molecular complexity index is 994. The molecule has 4 rings (SSSR count). The van der Waals surface area contributed by atoms with E-state index in [2.05, 4.69) is 31.3 Å². The number of hydrogen-bond acceptors (Lipinski definition) is 2. The van der Waals surface area contributed by atoms with Crippen LogP contribution < -0.4 is 5.32 Å². The Morgan fingerprint density at radius 3 is 2.39 bits per heavy atom. The largest absolute Gasteiger partial charge is 0.329 e. The molecule has 2 heterocycles. The maximum Gasteiger partial charge on any atom is 0.322 e. The summed E-state index contributed by atoms with van der Waals surface area (Å²) in [6, 6.07) is 13.6. The average molecular weight is 375 g/mol. The number of carbonyl (C=O) groups is 2. The van der Waals surface area contributed by atoms with Gasteiger partial charge in [-0.3, -0.25) is 9.69 Å². The lowest BCUT2D eigenvalue weighted by atomic mass is 9.90. The van der Waals surface area contributed by atoms with Crippen LogP contribution in [0.1, 0.15) is 33.9 Å². The van der Waals surface area contributed by atoms with Crippen LogP contribution in [0.15, 0.2) is 53.7 Å². The molecule has 0 aliphatic carbocycles. The Balaban J connectivity index is 1.73. The van der Waals surface area contributed by atoms with Crippen LogP contribution in [0.2, 0.25) is 0 Å². The molecule has 2 aromatic rings. The van der Waals surface area contributed by atoms with Gasteiger partial charge in [-0.05, 0) is 48.6 Å². The second kappa shape index (κ2) is 6.82. The zero-order valence-electron chi connectivity index (χ0n) is 16.7. The molecule has 1 atom stereocenters. The molecule has 0 saturated heterocycles. The van der Waals surface area contributed by atoms with Crippen molar-refractivity contribution >= 4 is 11.9 Å². The number of hydrogen-bond donors (Lipinski definition) is 1. The minimum absolute atomic E-state index is 0.00617. The molecule has 0 fully saturated rings. The van der Waals surface area contributed by atoms with Crippen molar-refractivity contribution in [1.82, 2.24) is 15.1 Å². The summed E-state index contributed by atoms with van der Waals surface area (Å²) in [4.78, 5) is 29.3. The highest BCUT2D eigenvalue weighted by atomic mass is 16.2. The lowest BCUT2D eigenvalue weighted by Crippen LogP contribution is -2.45. The van der Waals surface area contributed by atoms with Crippen molar-refractivity contribution in [2.24, 2.45) is 0 Å². The molecule has 0 radical (unpaired) electrons. The predicted molar refractivity (Wildman–Crippen MR) is 109 cm³/mol. The fourth-order valence-electron chi connectivity index (χ4n) is 4.08. The number of likely N-dealkylation sites (N-methyl/N-ethyl adjacent to an activating group) is 1. The monoisotopic (exact) mass is 375 g/mol. The van der Waals surface area contributed by atoms with Gasteiger partial charge in [-0.2, -0.15) is 0 Å². The second-order valence-electron chi connectivity index (χ2n) is 7.74. The van der Waals surface area contributed by atoms with Gasteiger partial charge in [0.2, 0.25) is 0 Å². The van der Waals surface area contributed by atoms with Gasteiger partial charge in [-0.1, -0.05) is 42.5 Å². The normalized spacial score (nSPS) is 19.2. The van der Waals surface area contributed by atoms with Gasteiger partial charge in [-0.25, -0.2) is 4.79 Å². The Morgan fingerprint density at radius 1 is 1.00 bits per heavy atom. The molecular weight excluding hydrogens is 350 g/mol. The summed E-state index contributed by atoms with van der Waals surface area (Å²) >= 11 is 0. The number of benzene rings is 2. The third-order valence-corrected chi connectivity index (χ3v) is 5.84. The van der Waals surface area contributed by atoms with E-state index in [1.54, 1.807) is 11.9 Å². The zero-order valence-corrected chi connectivity index (χ0v) is 16.7. The van der Waals surface area contributed by atoms with Gasteiger partial charge in [0.25, 0.3) is 5.91 Å². The van der Waals surface area contributed by atoms with E-state index < -0.39 is 6.04 Å². The molecule has 5 nitrogen and oxygen atoms in total. The first-order valence-corrected chi connectivity index (χ1v) is 9.55. The number of nitrogens with zero attached hydrogens (tertiary/aromatic N) is 2. The van der Waals surface area contributed by atoms with Gasteiger partial charge < -0.3 is 10.2 Å². The molecule has 28 heavy (non-hydrogen) atoms. The van der Waals surface area contributed by atoms with E-state index in [9.17, 15) is 9.59 Å². The van der Waals surface area contributed by atoms with Crippen LogP contribution in [-0.2, 0) is 11.3 Å². The molecule has 0 aromatic heterocycles. The molecule has 0 spiro atoms. The minimum atomic E-state index is -0.411. The van der Waals surface area contributed by atoms with Crippen molar-refractivity contribution in [3.63, 3.8) is 0 Å². The number of aryl methyl sites for hydroxylation is 3. The van der Waals surface area contributed by atoms with E-state index in [0.29, 0.717) is 18.7 Å². The van der Waals surface area contributed by atoms with E-state index in [-0.39, 0.29) is 11.9 Å². The number of nitrogens with one attached hydrogen (secondary N) is 1. The van der Waals surface area contributed by atoms with Gasteiger partial charge in [0.15, 0.2) is 0 Å². The number of urea groups is 1. The third-order valence-electron chi connectivity index (χ3n) is 5.84. The zero-order chi connectivity index (χ0) is 20.0. The van der Waals surface area contributed by atoms with E-state index in [1.807, 2.05) is 42.2 Å². The molecule has 144 valence electrons. The minimum Gasteiger partial charge on any atom is -0.329 e. The average Bonchev–Trinajstić information content (AvgIpc) is 2.99. The number of rotatable bonds is 3. The van der Waals surface area contributed by atoms with Crippen molar-refractivity contribution in [2.75, 3.05) is 13.6 Å². The van der Waals surface area contributed by atoms with Gasteiger partial charge in [0.1, 0.15) is 0 Å². The van der Waals surface area contributed by atoms with Crippen LogP contribution in [0, 0.1) is 20.8 Å². The Morgan fingerprint density at radius 2 is 1.68 bits per heavy atom. The van der Waals surface area contributed by atoms with Crippen molar-refractivity contribution in [2.45, 2.75) is 33.4 Å². The third kappa shape index (κ3) is 2.97. The molecule has 2 aliphatic heterocycles. The maximum atomic E-state index is 13.3. The van der Waals surface area contributed by atoms with Gasteiger partial charge in [0.05, 0.1) is 23.9 Å². The van der Waals surface area contributed by atoms with Crippen LogP contribution in [0.4, 0.5) is 4.79 Å². The highest BCUT2D eigenvalue weighted by molar-refractivity contribution is 6.01. The standard InChI is InChI=1S/C23H25N3O2/c1-14-10-16(3)18(11-15(14)2)21-20-19(25(4)23(28)24-21)13-26(22(20)27)12-17-8-6-5-7-9-17/h5-11,21H,12-13H2,1-4H3,(H,24,28). The van der Waals surface area contributed by atoms with Gasteiger partial charge in [-0.15, -0.1) is 0 Å². The van der Waals surface area contributed by atoms with E-state index in [1.165, 1.54) is 5.56 Å². The van der Waals surface area contributed by atoms with Gasteiger partial charge in [0, 0.05) is 13.6 Å². The smallest absolute Gasteiger partial charge is 0.322 e. The molecule has 1 N–H and O–H groups in total. The summed E-state index contributed by atoms with van der Waals surface area (Å²) in [7, 11) is 1.73. The molecule has 3 amide bonds. The van der Waals surface area contributed by atoms with Crippen LogP contribution in [0.3, 0.4) is 0 Å². The maximum absolute atomic E-state index is 13.3. The summed E-state index contributed by atoms with van der Waals surface area (Å²) < 4.78 is 0. The number of carbonyl (C=O) groups excluding carboxylic acids is 2. The predicted octanol–water partition coefficient (Wildman–Crippen LogP) is 3.60. The van der Waals surface area contributed by atoms with Crippen molar-refractivity contribution in [3.8, 4) is 0 Å². The lowest BCUT2D eigenvalue weighted by Gasteiger charge is -2.32. The first-order chi connectivity index (χ1) is 13.4. The summed E-state index contributed by atoms with van der Waals surface area (Å²) in [6.45, 7) is 7.16. The van der Waals surface area contributed by atoms with E-state index >= 15 is 0 Å². The first-order valence-electron chi connectivity index (χ1n) is 9.55. The first kappa shape index (κ1) is 18.3. The van der Waals surface area contributed by atoms with E-state index in [4.69, 9.17) is 0 Å². The summed E-state index contributed by atoms with van der Waals surface area (Å²) in [5.41, 5.74) is 7.00. The van der Waals surface area contributed by atoms with Crippen LogP contribution >= 0.6 is 0 Å². The topological polar surface area (TPSA) is 52.7 Å². The fraction of sp³-hybridized carbons (Fsp3) is 0.304. The van der Waals surface area contributed by atoms with Crippen molar-refractivity contribution in [3.05, 3.63) is 81.6 Å². The van der Waals surface area contributed by atoms with Crippen LogP contribution in [0.5, 0.6) is 0 Å². The highest BCUT2D eigenvalue weighted by Gasteiger charge is 2.43. The SMILES string of the molecule is Cc1cc(C)c(C2NC(=O)N(C)C3=C2C(=O)N(Cc2ccccc2)C3)cc1C. The molecule has 0 bridgehead atoms. The molecule has 2 aromatic carbocycles. The molecule has 0 saturated carbocycles. The molecule has 2 aliphatic rings. The molecule has 1 unspecified atom stereocenters. The summed E-state index contributed by atoms with van der Waals surface area (Å²) in [5, 5.41) is 3.04. The molecular formula is C23H25N3O2. The van der Waals surface area contributed by atoms with E-state index in [0.717, 1.165) is 28.0 Å². The summed E-state index contributed by atoms with van der Waals surface area (Å²) in [5.74, 6) is -0.00617. The van der Waals surface area contributed by atoms with Crippen LogP contribution in [-0.4, -0.2) is 35.3 Å². The second-order valence-corrected chi connectivity index (χ2v) is 7.74. The lowest BCUT2D eigenvalue weighted by molar-refractivity contribution is -0.126. The van der Waals surface area contributed by atoms with Crippen molar-refractivity contribution in [1.29, 1.82) is 0 Å².